The highest BCUT2D eigenvalue weighted by Gasteiger charge is 2.31. The van der Waals surface area contributed by atoms with Crippen LogP contribution in [-0.4, -0.2) is 21.9 Å². The minimum Gasteiger partial charge on any atom is -0.223 e. The Bertz CT molecular complexity index is 436. The van der Waals surface area contributed by atoms with Gasteiger partial charge in [-0.3, -0.25) is 0 Å². The Kier molecular flexibility index (Phi) is 2.13. The number of allylic oxidation sites excluding steroid dienone is 2. The second kappa shape index (κ2) is 2.70. The molecule has 12 heavy (non-hydrogen) atoms. The lowest BCUT2D eigenvalue weighted by Gasteiger charge is -1.90. The van der Waals surface area contributed by atoms with Crippen LogP contribution < -0.4 is 0 Å². The SMILES string of the molecule is CC=CC1=CS(=O)(=O)CS1(=O)=O. The Balaban J connectivity index is 3.33. The van der Waals surface area contributed by atoms with Crippen LogP contribution in [0.15, 0.2) is 22.5 Å². The quantitative estimate of drug-likeness (QED) is 0.617. The molecule has 0 aromatic heterocycles. The standard InChI is InChI=1S/C6H8O4S2/c1-2-3-6-4-11(7,8)5-12(6,9)10/h2-4H,5H2,1H3. The third kappa shape index (κ3) is 1.75. The molecule has 0 N–H and O–H groups in total. The van der Waals surface area contributed by atoms with E-state index in [0.29, 0.717) is 0 Å². The smallest absolute Gasteiger partial charge is 0.193 e. The largest absolute Gasteiger partial charge is 0.223 e. The molecule has 0 saturated carbocycles. The van der Waals surface area contributed by atoms with Gasteiger partial charge in [0.25, 0.3) is 0 Å². The molecule has 1 aliphatic rings. The van der Waals surface area contributed by atoms with Crippen molar-refractivity contribution in [3.8, 4) is 0 Å². The third-order valence-corrected chi connectivity index (χ3v) is 5.59. The average Bonchev–Trinajstić information content (AvgIpc) is 2.01. The Morgan fingerprint density at radius 1 is 1.33 bits per heavy atom. The molecule has 0 aromatic carbocycles. The van der Waals surface area contributed by atoms with E-state index in [4.69, 9.17) is 0 Å². The first-order valence-corrected chi connectivity index (χ1v) is 6.54. The van der Waals surface area contributed by atoms with Crippen molar-refractivity contribution in [3.05, 3.63) is 22.5 Å². The topological polar surface area (TPSA) is 68.3 Å². The molecule has 0 unspecified atom stereocenters. The van der Waals surface area contributed by atoms with Crippen molar-refractivity contribution in [1.82, 2.24) is 0 Å². The molecule has 1 heterocycles. The molecule has 0 fully saturated rings. The van der Waals surface area contributed by atoms with Gasteiger partial charge in [-0.25, -0.2) is 16.8 Å². The summed E-state index contributed by atoms with van der Waals surface area (Å²) in [6.45, 7) is 1.63. The molecule has 0 bridgehead atoms. The van der Waals surface area contributed by atoms with Gasteiger partial charge in [0, 0.05) is 0 Å². The zero-order chi connectivity index (χ0) is 9.41. The number of sulfone groups is 2. The van der Waals surface area contributed by atoms with Crippen LogP contribution >= 0.6 is 0 Å². The van der Waals surface area contributed by atoms with Gasteiger partial charge in [0.05, 0.1) is 10.3 Å². The van der Waals surface area contributed by atoms with Crippen LogP contribution in [0.2, 0.25) is 0 Å². The molecule has 0 aliphatic carbocycles. The van der Waals surface area contributed by atoms with Gasteiger partial charge < -0.3 is 0 Å². The number of rotatable bonds is 1. The van der Waals surface area contributed by atoms with Crippen molar-refractivity contribution in [1.29, 1.82) is 0 Å². The minimum absolute atomic E-state index is 0.120. The first-order valence-electron chi connectivity index (χ1n) is 3.17. The summed E-state index contributed by atoms with van der Waals surface area (Å²) in [5.74, 6) is 0. The lowest BCUT2D eigenvalue weighted by atomic mass is 10.5. The van der Waals surface area contributed by atoms with E-state index in [1.807, 2.05) is 0 Å². The fraction of sp³-hybridized carbons (Fsp3) is 0.333. The molecule has 0 atom stereocenters. The van der Waals surface area contributed by atoms with Gasteiger partial charge in [-0.15, -0.1) is 0 Å². The van der Waals surface area contributed by atoms with Gasteiger partial charge in [-0.05, 0) is 13.0 Å². The van der Waals surface area contributed by atoms with Crippen LogP contribution in [-0.2, 0) is 19.7 Å². The van der Waals surface area contributed by atoms with Gasteiger partial charge in [-0.1, -0.05) is 6.08 Å². The molecule has 0 amide bonds. The summed E-state index contributed by atoms with van der Waals surface area (Å²) in [6.07, 6.45) is 2.77. The predicted octanol–water partition coefficient (Wildman–Crippen LogP) is 0.205. The molecule has 4 nitrogen and oxygen atoms in total. The molecular formula is C6H8O4S2. The van der Waals surface area contributed by atoms with E-state index in [1.54, 1.807) is 6.92 Å². The van der Waals surface area contributed by atoms with Crippen molar-refractivity contribution < 1.29 is 16.8 Å². The zero-order valence-electron chi connectivity index (χ0n) is 6.39. The van der Waals surface area contributed by atoms with E-state index >= 15 is 0 Å². The minimum atomic E-state index is -3.57. The Morgan fingerprint density at radius 3 is 2.25 bits per heavy atom. The van der Waals surface area contributed by atoms with Crippen LogP contribution in [0.3, 0.4) is 0 Å². The Hall–Kier alpha value is -0.620. The highest BCUT2D eigenvalue weighted by molar-refractivity contribution is 8.14. The van der Waals surface area contributed by atoms with E-state index in [0.717, 1.165) is 5.41 Å². The van der Waals surface area contributed by atoms with Gasteiger partial charge in [0.2, 0.25) is 0 Å². The summed E-state index contributed by atoms with van der Waals surface area (Å²) in [5.41, 5.74) is 0. The van der Waals surface area contributed by atoms with E-state index in [2.05, 4.69) is 0 Å². The van der Waals surface area contributed by atoms with Crippen LogP contribution in [0, 0.1) is 0 Å². The van der Waals surface area contributed by atoms with Gasteiger partial charge >= 0.3 is 0 Å². The maximum atomic E-state index is 11.1. The second-order valence-electron chi connectivity index (χ2n) is 2.42. The fourth-order valence-corrected chi connectivity index (χ4v) is 5.22. The Morgan fingerprint density at radius 2 is 1.92 bits per heavy atom. The van der Waals surface area contributed by atoms with Gasteiger partial charge in [-0.2, -0.15) is 0 Å². The molecule has 0 saturated heterocycles. The lowest BCUT2D eigenvalue weighted by molar-refractivity contribution is 0.600. The monoisotopic (exact) mass is 208 g/mol. The van der Waals surface area contributed by atoms with Crippen LogP contribution in [0.25, 0.3) is 0 Å². The van der Waals surface area contributed by atoms with Crippen molar-refractivity contribution in [2.24, 2.45) is 0 Å². The average molecular weight is 208 g/mol. The lowest BCUT2D eigenvalue weighted by Crippen LogP contribution is -2.05. The number of hydrogen-bond acceptors (Lipinski definition) is 4. The summed E-state index contributed by atoms with van der Waals surface area (Å²) in [7, 11) is -7.10. The summed E-state index contributed by atoms with van der Waals surface area (Å²) in [4.78, 5) is -0.120. The Labute approximate surface area is 71.4 Å². The van der Waals surface area contributed by atoms with E-state index in [-0.39, 0.29) is 4.91 Å². The summed E-state index contributed by atoms with van der Waals surface area (Å²) in [6, 6.07) is 0. The summed E-state index contributed by atoms with van der Waals surface area (Å²) in [5, 5.41) is 0.00199. The van der Waals surface area contributed by atoms with Crippen molar-refractivity contribution in [2.75, 3.05) is 5.08 Å². The summed E-state index contributed by atoms with van der Waals surface area (Å²) >= 11 is 0. The van der Waals surface area contributed by atoms with Crippen molar-refractivity contribution in [2.45, 2.75) is 6.92 Å². The molecule has 0 radical (unpaired) electrons. The van der Waals surface area contributed by atoms with E-state index in [9.17, 15) is 16.8 Å². The van der Waals surface area contributed by atoms with E-state index < -0.39 is 24.8 Å². The highest BCUT2D eigenvalue weighted by Crippen LogP contribution is 2.21. The van der Waals surface area contributed by atoms with Crippen molar-refractivity contribution >= 4 is 19.7 Å². The van der Waals surface area contributed by atoms with Crippen molar-refractivity contribution in [3.63, 3.8) is 0 Å². The maximum Gasteiger partial charge on any atom is 0.193 e. The van der Waals surface area contributed by atoms with Crippen LogP contribution in [0.4, 0.5) is 0 Å². The third-order valence-electron chi connectivity index (χ3n) is 1.31. The normalized spacial score (nSPS) is 25.9. The molecule has 0 spiro atoms. The molecule has 68 valence electrons. The first kappa shape index (κ1) is 9.47. The molecule has 6 heteroatoms. The highest BCUT2D eigenvalue weighted by atomic mass is 32.3. The molecular weight excluding hydrogens is 200 g/mol. The molecule has 1 aliphatic heterocycles. The fourth-order valence-electron chi connectivity index (χ4n) is 0.876. The molecule has 1 rings (SSSR count). The van der Waals surface area contributed by atoms with Crippen LogP contribution in [0.5, 0.6) is 0 Å². The molecule has 0 aromatic rings. The number of hydrogen-bond donors (Lipinski definition) is 0. The second-order valence-corrected chi connectivity index (χ2v) is 6.62. The van der Waals surface area contributed by atoms with E-state index in [1.165, 1.54) is 12.2 Å². The van der Waals surface area contributed by atoms with Crippen LogP contribution in [0.1, 0.15) is 6.92 Å². The maximum absolute atomic E-state index is 11.1. The van der Waals surface area contributed by atoms with Gasteiger partial charge in [0.15, 0.2) is 24.8 Å². The zero-order valence-corrected chi connectivity index (χ0v) is 8.02. The summed E-state index contributed by atoms with van der Waals surface area (Å²) < 4.78 is 43.8. The predicted molar refractivity (Wildman–Crippen MR) is 45.6 cm³/mol. The first-order chi connectivity index (χ1) is 5.37. The van der Waals surface area contributed by atoms with Gasteiger partial charge in [0.1, 0.15) is 0 Å².